The van der Waals surface area contributed by atoms with Crippen molar-refractivity contribution in [2.75, 3.05) is 16.5 Å². The molecule has 1 aliphatic rings. The quantitative estimate of drug-likeness (QED) is 0.153. The highest BCUT2D eigenvalue weighted by molar-refractivity contribution is 6.09. The topological polar surface area (TPSA) is 33.5 Å². The number of hydrogen-bond donors (Lipinski definition) is 0. The standard InChI is InChI=1S/C58H46N4O/c1-58(2,3)44-34-35-59-56(36-44)62-52-25-11-10-22-50(52)51-33-32-47(38-55(51)62)63-46-21-14-20-45(37-46)60-39-61(54-27-13-12-26-53(54)60)57-48(42-18-8-5-9-19-42)23-15-24-49(57)43-30-28-41(29-31-43)40-16-6-4-7-17-40/h4-38H,39H2,1-3H3/i4D,6D,7D,16D,17D. The zero-order valence-electron chi connectivity index (χ0n) is 40.2. The second kappa shape index (κ2) is 15.5. The molecular weight excluding hydrogens is 769 g/mol. The number of benzene rings is 8. The number of fused-ring (bicyclic) bond motifs is 4. The Morgan fingerprint density at radius 3 is 1.95 bits per heavy atom. The van der Waals surface area contributed by atoms with Crippen LogP contribution in [-0.2, 0) is 5.41 Å². The predicted molar refractivity (Wildman–Crippen MR) is 262 cm³/mol. The number of rotatable bonds is 8. The van der Waals surface area contributed by atoms with Gasteiger partial charge < -0.3 is 14.5 Å². The number of para-hydroxylation sites is 4. The molecule has 0 unspecified atom stereocenters. The van der Waals surface area contributed by atoms with E-state index in [1.165, 1.54) is 5.56 Å². The molecule has 11 rings (SSSR count). The van der Waals surface area contributed by atoms with Gasteiger partial charge >= 0.3 is 0 Å². The highest BCUT2D eigenvalue weighted by Crippen LogP contribution is 2.50. The predicted octanol–water partition coefficient (Wildman–Crippen LogP) is 15.5. The van der Waals surface area contributed by atoms with Crippen molar-refractivity contribution >= 4 is 44.6 Å². The summed E-state index contributed by atoms with van der Waals surface area (Å²) in [5.41, 5.74) is 12.1. The van der Waals surface area contributed by atoms with Crippen LogP contribution in [0, 0.1) is 0 Å². The van der Waals surface area contributed by atoms with Crippen LogP contribution in [0.15, 0.2) is 212 Å². The Morgan fingerprint density at radius 1 is 0.524 bits per heavy atom. The average molecular weight is 820 g/mol. The van der Waals surface area contributed by atoms with E-state index >= 15 is 0 Å². The van der Waals surface area contributed by atoms with Crippen molar-refractivity contribution in [2.24, 2.45) is 0 Å². The van der Waals surface area contributed by atoms with Crippen molar-refractivity contribution in [3.8, 4) is 50.7 Å². The minimum absolute atomic E-state index is 0.0363. The van der Waals surface area contributed by atoms with Crippen molar-refractivity contribution < 1.29 is 11.6 Å². The maximum atomic E-state index is 8.60. The first kappa shape index (κ1) is 32.8. The van der Waals surface area contributed by atoms with E-state index in [0.29, 0.717) is 23.7 Å². The van der Waals surface area contributed by atoms with Crippen LogP contribution >= 0.6 is 0 Å². The lowest BCUT2D eigenvalue weighted by molar-refractivity contribution is 0.483. The van der Waals surface area contributed by atoms with E-state index in [1.54, 1.807) is 0 Å². The van der Waals surface area contributed by atoms with Crippen molar-refractivity contribution in [3.63, 3.8) is 0 Å². The van der Waals surface area contributed by atoms with E-state index in [1.807, 2.05) is 54.7 Å². The number of ether oxygens (including phenoxy) is 1. The van der Waals surface area contributed by atoms with E-state index in [-0.39, 0.29) is 35.1 Å². The van der Waals surface area contributed by atoms with Crippen molar-refractivity contribution in [1.29, 1.82) is 0 Å². The van der Waals surface area contributed by atoms with Crippen molar-refractivity contribution in [2.45, 2.75) is 26.2 Å². The summed E-state index contributed by atoms with van der Waals surface area (Å²) in [7, 11) is 0. The number of nitrogens with zero attached hydrogens (tertiary/aromatic N) is 4. The fourth-order valence-electron chi connectivity index (χ4n) is 8.87. The summed E-state index contributed by atoms with van der Waals surface area (Å²) in [6, 6.07) is 58.5. The molecule has 0 aliphatic carbocycles. The van der Waals surface area contributed by atoms with E-state index in [2.05, 4.69) is 163 Å². The average Bonchev–Trinajstić information content (AvgIpc) is 3.91. The zero-order valence-corrected chi connectivity index (χ0v) is 35.2. The van der Waals surface area contributed by atoms with Gasteiger partial charge in [-0.1, -0.05) is 160 Å². The molecule has 0 radical (unpaired) electrons. The number of aromatic nitrogens is 2. The Balaban J connectivity index is 0.967. The third-order valence-electron chi connectivity index (χ3n) is 12.0. The van der Waals surface area contributed by atoms with E-state index in [0.717, 1.165) is 72.6 Å². The molecule has 0 saturated carbocycles. The molecule has 0 fully saturated rings. The highest BCUT2D eigenvalue weighted by Gasteiger charge is 2.31. The Kier molecular flexibility index (Phi) is 8.10. The number of pyridine rings is 1. The molecule has 0 N–H and O–H groups in total. The third kappa shape index (κ3) is 6.98. The van der Waals surface area contributed by atoms with Gasteiger partial charge in [0.15, 0.2) is 0 Å². The molecule has 0 saturated heterocycles. The smallest absolute Gasteiger partial charge is 0.137 e. The van der Waals surface area contributed by atoms with Crippen molar-refractivity contribution in [1.82, 2.24) is 9.55 Å². The molecule has 5 nitrogen and oxygen atoms in total. The molecule has 1 aliphatic heterocycles. The highest BCUT2D eigenvalue weighted by atomic mass is 16.5. The van der Waals surface area contributed by atoms with Gasteiger partial charge in [-0.25, -0.2) is 4.98 Å². The monoisotopic (exact) mass is 819 g/mol. The number of hydrogen-bond acceptors (Lipinski definition) is 4. The molecule has 0 atom stereocenters. The van der Waals surface area contributed by atoms with Gasteiger partial charge in [0.25, 0.3) is 0 Å². The van der Waals surface area contributed by atoms with Crippen LogP contribution in [0.2, 0.25) is 0 Å². The lowest BCUT2D eigenvalue weighted by atomic mass is 9.88. The van der Waals surface area contributed by atoms with Gasteiger partial charge in [-0.2, -0.15) is 0 Å². The molecule has 304 valence electrons. The van der Waals surface area contributed by atoms with Crippen LogP contribution in [0.4, 0.5) is 22.7 Å². The summed E-state index contributed by atoms with van der Waals surface area (Å²) in [5, 5.41) is 2.28. The molecule has 2 aromatic heterocycles. The summed E-state index contributed by atoms with van der Waals surface area (Å²) in [6.45, 7) is 7.17. The molecule has 10 aromatic rings. The molecule has 0 bridgehead atoms. The maximum Gasteiger partial charge on any atom is 0.137 e. The largest absolute Gasteiger partial charge is 0.457 e. The minimum Gasteiger partial charge on any atom is -0.457 e. The Hall–Kier alpha value is -7.89. The summed E-state index contributed by atoms with van der Waals surface area (Å²) in [4.78, 5) is 9.54. The van der Waals surface area contributed by atoms with Gasteiger partial charge in [-0.15, -0.1) is 0 Å². The van der Waals surface area contributed by atoms with E-state index < -0.39 is 6.04 Å². The number of anilines is 4. The molecule has 63 heavy (non-hydrogen) atoms. The minimum atomic E-state index is -0.407. The maximum absolute atomic E-state index is 8.60. The fourth-order valence-corrected chi connectivity index (χ4v) is 8.87. The fraction of sp³-hybridized carbons (Fsp3) is 0.0862. The summed E-state index contributed by atoms with van der Waals surface area (Å²) >= 11 is 0. The second-order valence-electron chi connectivity index (χ2n) is 16.9. The van der Waals surface area contributed by atoms with Crippen LogP contribution < -0.4 is 14.5 Å². The molecule has 3 heterocycles. The van der Waals surface area contributed by atoms with Crippen LogP contribution in [0.5, 0.6) is 11.5 Å². The molecule has 5 heteroatoms. The van der Waals surface area contributed by atoms with Gasteiger partial charge in [0.05, 0.1) is 34.9 Å². The van der Waals surface area contributed by atoms with Crippen LogP contribution in [0.25, 0.3) is 61.0 Å². The zero-order chi connectivity index (χ0) is 46.8. The van der Waals surface area contributed by atoms with Gasteiger partial charge in [0.1, 0.15) is 24.0 Å². The Morgan fingerprint density at radius 2 is 1.17 bits per heavy atom. The molecule has 0 amide bonds. The third-order valence-corrected chi connectivity index (χ3v) is 12.0. The van der Waals surface area contributed by atoms with Crippen molar-refractivity contribution in [3.05, 3.63) is 218 Å². The first-order chi connectivity index (χ1) is 32.9. The summed E-state index contributed by atoms with van der Waals surface area (Å²) < 4.78 is 50.8. The normalized spacial score (nSPS) is 13.7. The SMILES string of the molecule is [2H]c1c([2H])c([2H])c(-c2ccc(-c3cccc(-c4ccccc4)c3N3CN(c4cccc(Oc5ccc6c7ccccc7n(-c7cc(C(C)(C)C)ccn7)c6c5)c4)c4ccccc43)cc2)c([2H])c1[2H]. The van der Waals surface area contributed by atoms with Gasteiger partial charge in [-0.05, 0) is 87.8 Å². The first-order valence-corrected chi connectivity index (χ1v) is 21.2. The van der Waals surface area contributed by atoms with E-state index in [4.69, 9.17) is 16.6 Å². The molecule has 0 spiro atoms. The molecular formula is C58H46N4O. The van der Waals surface area contributed by atoms with Crippen LogP contribution in [0.1, 0.15) is 33.2 Å². The van der Waals surface area contributed by atoms with E-state index in [9.17, 15) is 0 Å². The molecule has 8 aromatic carbocycles. The van der Waals surface area contributed by atoms with Gasteiger partial charge in [0.2, 0.25) is 0 Å². The first-order valence-electron chi connectivity index (χ1n) is 23.7. The Bertz CT molecular complexity index is 3560. The van der Waals surface area contributed by atoms with Gasteiger partial charge in [-0.3, -0.25) is 4.57 Å². The lowest BCUT2D eigenvalue weighted by Gasteiger charge is -2.27. The summed E-state index contributed by atoms with van der Waals surface area (Å²) in [5.74, 6) is 2.29. The van der Waals surface area contributed by atoms with Crippen LogP contribution in [0.3, 0.4) is 0 Å². The summed E-state index contributed by atoms with van der Waals surface area (Å²) in [6.07, 6.45) is 1.90. The van der Waals surface area contributed by atoms with Crippen LogP contribution in [-0.4, -0.2) is 16.2 Å². The second-order valence-corrected chi connectivity index (χ2v) is 16.9. The lowest BCUT2D eigenvalue weighted by Crippen LogP contribution is -2.25. The van der Waals surface area contributed by atoms with Gasteiger partial charge in [0, 0.05) is 45.9 Å². The Labute approximate surface area is 375 Å².